The number of nitrogen functional groups attached to an aromatic ring is 2. The maximum absolute atomic E-state index is 12.0. The first-order valence-corrected chi connectivity index (χ1v) is 5.66. The van der Waals surface area contributed by atoms with Crippen molar-refractivity contribution in [2.75, 3.05) is 37.8 Å². The van der Waals surface area contributed by atoms with Crippen molar-refractivity contribution in [1.82, 2.24) is 11.1 Å². The first-order valence-electron chi connectivity index (χ1n) is 5.66. The molecule has 1 aromatic rings. The molecule has 0 unspecified atom stereocenters. The van der Waals surface area contributed by atoms with Crippen LogP contribution in [0.3, 0.4) is 0 Å². The van der Waals surface area contributed by atoms with Gasteiger partial charge in [0.05, 0.1) is 19.6 Å². The van der Waals surface area contributed by atoms with Crippen LogP contribution in [0.25, 0.3) is 0 Å². The van der Waals surface area contributed by atoms with E-state index in [1.54, 1.807) is 17.0 Å². The molecule has 0 saturated carbocycles. The van der Waals surface area contributed by atoms with E-state index in [9.17, 15) is 4.79 Å². The van der Waals surface area contributed by atoms with Crippen LogP contribution >= 0.6 is 0 Å². The van der Waals surface area contributed by atoms with Crippen molar-refractivity contribution in [3.63, 3.8) is 0 Å². The summed E-state index contributed by atoms with van der Waals surface area (Å²) in [6, 6.07) is 5.25. The molecule has 1 fully saturated rings. The lowest BCUT2D eigenvalue weighted by atomic mass is 10.1. The summed E-state index contributed by atoms with van der Waals surface area (Å²) in [6.45, 7) is 2.55. The van der Waals surface area contributed by atoms with E-state index in [1.807, 2.05) is 6.07 Å². The Bertz CT molecular complexity index is 417. The molecule has 1 aliphatic rings. The van der Waals surface area contributed by atoms with Crippen molar-refractivity contribution in [2.45, 2.75) is 6.42 Å². The van der Waals surface area contributed by atoms with Gasteiger partial charge < -0.3 is 27.3 Å². The number of rotatable bonds is 2. The monoisotopic (exact) mass is 252 g/mol. The molecule has 0 aliphatic carbocycles. The molecule has 2 rings (SSSR count). The zero-order chi connectivity index (χ0) is 12.3. The number of anilines is 2. The van der Waals surface area contributed by atoms with E-state index in [4.69, 9.17) is 16.2 Å². The van der Waals surface area contributed by atoms with Gasteiger partial charge in [0.15, 0.2) is 0 Å². The van der Waals surface area contributed by atoms with Crippen molar-refractivity contribution >= 4 is 17.3 Å². The molecule has 100 valence electrons. The second-order valence-corrected chi connectivity index (χ2v) is 4.13. The smallest absolute Gasteiger partial charge is 0.227 e. The van der Waals surface area contributed by atoms with Gasteiger partial charge in [0.2, 0.25) is 5.91 Å². The van der Waals surface area contributed by atoms with E-state index >= 15 is 0 Å². The van der Waals surface area contributed by atoms with Crippen molar-refractivity contribution in [3.8, 4) is 0 Å². The van der Waals surface area contributed by atoms with Crippen LogP contribution in [0.5, 0.6) is 0 Å². The Morgan fingerprint density at radius 2 is 1.94 bits per heavy atom. The van der Waals surface area contributed by atoms with E-state index in [0.717, 1.165) is 5.56 Å². The van der Waals surface area contributed by atoms with Crippen LogP contribution in [-0.2, 0) is 16.0 Å². The number of amides is 1. The first kappa shape index (κ1) is 14.3. The second-order valence-electron chi connectivity index (χ2n) is 4.13. The minimum Gasteiger partial charge on any atom is -0.399 e. The van der Waals surface area contributed by atoms with Crippen molar-refractivity contribution < 1.29 is 9.53 Å². The summed E-state index contributed by atoms with van der Waals surface area (Å²) in [5.74, 6) is 0.0878. The summed E-state index contributed by atoms with van der Waals surface area (Å²) < 4.78 is 5.20. The molecule has 0 bridgehead atoms. The minimum absolute atomic E-state index is 0. The number of benzene rings is 1. The lowest BCUT2D eigenvalue weighted by molar-refractivity contribution is -0.134. The summed E-state index contributed by atoms with van der Waals surface area (Å²) in [5, 5.41) is 0. The fourth-order valence-corrected chi connectivity index (χ4v) is 1.86. The van der Waals surface area contributed by atoms with Gasteiger partial charge in [-0.3, -0.25) is 4.79 Å². The Morgan fingerprint density at radius 3 is 2.56 bits per heavy atom. The molecule has 6 nitrogen and oxygen atoms in total. The van der Waals surface area contributed by atoms with Gasteiger partial charge in [-0.2, -0.15) is 0 Å². The Hall–Kier alpha value is -1.79. The number of hydrogen-bond acceptors (Lipinski definition) is 5. The predicted octanol–water partition coefficient (Wildman–Crippen LogP) is 0.414. The molecule has 0 spiro atoms. The third-order valence-electron chi connectivity index (χ3n) is 2.88. The van der Waals surface area contributed by atoms with Gasteiger partial charge in [0.1, 0.15) is 0 Å². The molecule has 1 aliphatic heterocycles. The third kappa shape index (κ3) is 3.35. The molecule has 1 aromatic carbocycles. The molecule has 18 heavy (non-hydrogen) atoms. The van der Waals surface area contributed by atoms with Crippen LogP contribution in [0, 0.1) is 0 Å². The highest BCUT2D eigenvalue weighted by Crippen LogP contribution is 2.17. The van der Waals surface area contributed by atoms with Crippen LogP contribution in [0.1, 0.15) is 5.56 Å². The van der Waals surface area contributed by atoms with Crippen LogP contribution in [0.2, 0.25) is 0 Å². The standard InChI is InChI=1S/C12H17N3O2.H3N/c13-10-2-1-9(11(14)8-10)7-12(16)15-3-5-17-6-4-15;/h1-2,8H,3-7,13-14H2;1H3. The number of nitrogens with two attached hydrogens (primary N) is 2. The number of nitrogens with zero attached hydrogens (tertiary/aromatic N) is 1. The predicted molar refractivity (Wildman–Crippen MR) is 71.4 cm³/mol. The second kappa shape index (κ2) is 6.23. The molecular weight excluding hydrogens is 232 g/mol. The number of ether oxygens (including phenoxy) is 1. The minimum atomic E-state index is 0. The Balaban J connectivity index is 0.00000162. The number of carbonyl (C=O) groups excluding carboxylic acids is 1. The van der Waals surface area contributed by atoms with E-state index < -0.39 is 0 Å². The summed E-state index contributed by atoms with van der Waals surface area (Å²) in [7, 11) is 0. The highest BCUT2D eigenvalue weighted by Gasteiger charge is 2.17. The topological polar surface area (TPSA) is 117 Å². The average Bonchev–Trinajstić information content (AvgIpc) is 2.34. The number of hydrogen-bond donors (Lipinski definition) is 3. The van der Waals surface area contributed by atoms with Gasteiger partial charge in [-0.1, -0.05) is 6.07 Å². The molecular formula is C12H20N4O2. The molecule has 0 radical (unpaired) electrons. The summed E-state index contributed by atoms with van der Waals surface area (Å²) in [5.41, 5.74) is 13.5. The fraction of sp³-hybridized carbons (Fsp3) is 0.417. The van der Waals surface area contributed by atoms with Gasteiger partial charge >= 0.3 is 0 Å². The van der Waals surface area contributed by atoms with Gasteiger partial charge in [0.25, 0.3) is 0 Å². The molecule has 0 atom stereocenters. The molecule has 1 amide bonds. The highest BCUT2D eigenvalue weighted by molar-refractivity contribution is 5.81. The van der Waals surface area contributed by atoms with Crippen molar-refractivity contribution in [2.24, 2.45) is 0 Å². The summed E-state index contributed by atoms with van der Waals surface area (Å²) in [4.78, 5) is 13.8. The average molecular weight is 252 g/mol. The quantitative estimate of drug-likeness (QED) is 0.659. The zero-order valence-electron chi connectivity index (χ0n) is 10.4. The van der Waals surface area contributed by atoms with Crippen LogP contribution < -0.4 is 17.6 Å². The molecule has 7 N–H and O–H groups in total. The molecule has 1 heterocycles. The maximum atomic E-state index is 12.0. The Labute approximate surface area is 106 Å². The normalized spacial score (nSPS) is 15.0. The first-order chi connectivity index (χ1) is 8.16. The highest BCUT2D eigenvalue weighted by atomic mass is 16.5. The molecule has 1 saturated heterocycles. The number of morpholine rings is 1. The largest absolute Gasteiger partial charge is 0.399 e. The Kier molecular flexibility index (Phi) is 4.94. The van der Waals surface area contributed by atoms with Crippen LogP contribution in [-0.4, -0.2) is 37.1 Å². The van der Waals surface area contributed by atoms with Gasteiger partial charge in [-0.25, -0.2) is 0 Å². The van der Waals surface area contributed by atoms with Gasteiger partial charge in [-0.05, 0) is 17.7 Å². The summed E-state index contributed by atoms with van der Waals surface area (Å²) >= 11 is 0. The lowest BCUT2D eigenvalue weighted by Gasteiger charge is -2.27. The lowest BCUT2D eigenvalue weighted by Crippen LogP contribution is -2.41. The fourth-order valence-electron chi connectivity index (χ4n) is 1.86. The van der Waals surface area contributed by atoms with E-state index in [-0.39, 0.29) is 12.1 Å². The zero-order valence-corrected chi connectivity index (χ0v) is 10.4. The van der Waals surface area contributed by atoms with Crippen molar-refractivity contribution in [1.29, 1.82) is 0 Å². The van der Waals surface area contributed by atoms with Gasteiger partial charge in [-0.15, -0.1) is 0 Å². The van der Waals surface area contributed by atoms with E-state index in [2.05, 4.69) is 0 Å². The van der Waals surface area contributed by atoms with Crippen LogP contribution in [0.15, 0.2) is 18.2 Å². The van der Waals surface area contributed by atoms with E-state index in [0.29, 0.717) is 44.1 Å². The summed E-state index contributed by atoms with van der Waals surface area (Å²) in [6.07, 6.45) is 0.326. The molecule has 6 heteroatoms. The third-order valence-corrected chi connectivity index (χ3v) is 2.88. The van der Waals surface area contributed by atoms with Crippen LogP contribution in [0.4, 0.5) is 11.4 Å². The van der Waals surface area contributed by atoms with E-state index in [1.165, 1.54) is 0 Å². The molecule has 0 aromatic heterocycles. The van der Waals surface area contributed by atoms with Gasteiger partial charge in [0, 0.05) is 24.5 Å². The Morgan fingerprint density at radius 1 is 1.28 bits per heavy atom. The number of carbonyl (C=O) groups is 1. The van der Waals surface area contributed by atoms with Crippen molar-refractivity contribution in [3.05, 3.63) is 23.8 Å². The SMILES string of the molecule is N.Nc1ccc(CC(=O)N2CCOCC2)c(N)c1. The maximum Gasteiger partial charge on any atom is 0.227 e.